The molecule has 0 fully saturated rings. The van der Waals surface area contributed by atoms with E-state index in [1.165, 1.54) is 23.5 Å². The van der Waals surface area contributed by atoms with Crippen molar-refractivity contribution >= 4 is 40.6 Å². The van der Waals surface area contributed by atoms with E-state index in [0.29, 0.717) is 21.9 Å². The number of esters is 1. The van der Waals surface area contributed by atoms with Crippen molar-refractivity contribution in [2.45, 2.75) is 6.42 Å². The summed E-state index contributed by atoms with van der Waals surface area (Å²) in [4.78, 5) is 47.5. The molecule has 0 atom stereocenters. The van der Waals surface area contributed by atoms with E-state index in [4.69, 9.17) is 9.47 Å². The summed E-state index contributed by atoms with van der Waals surface area (Å²) in [6.07, 6.45) is -0.0432. The highest BCUT2D eigenvalue weighted by molar-refractivity contribution is 7.12. The minimum atomic E-state index is -0.593. The molecule has 2 aromatic rings. The topological polar surface area (TPSA) is 111 Å². The molecule has 3 rings (SSSR count). The number of ether oxygens (including phenoxy) is 2. The van der Waals surface area contributed by atoms with Crippen LogP contribution >= 0.6 is 11.3 Å². The standard InChI is InChI=1S/C18H16N2O6S/c21-13(11-3-4-14-12(8-11)20-16(22)10-25-14)9-26-17(23)5-6-19-18(24)15-2-1-7-27-15/h1-4,7-8H,5-6,9-10H2,(H,19,24)(H,20,22). The Bertz CT molecular complexity index is 878. The number of ketones is 1. The van der Waals surface area contributed by atoms with Gasteiger partial charge in [0.25, 0.3) is 11.8 Å². The van der Waals surface area contributed by atoms with E-state index in [9.17, 15) is 19.2 Å². The molecule has 2 amide bonds. The molecule has 1 aliphatic rings. The molecule has 0 bridgehead atoms. The molecule has 27 heavy (non-hydrogen) atoms. The van der Waals surface area contributed by atoms with Crippen molar-refractivity contribution in [1.29, 1.82) is 0 Å². The number of hydrogen-bond donors (Lipinski definition) is 2. The average Bonchev–Trinajstić information content (AvgIpc) is 3.20. The number of fused-ring (bicyclic) bond motifs is 1. The molecule has 0 unspecified atom stereocenters. The maximum Gasteiger partial charge on any atom is 0.308 e. The van der Waals surface area contributed by atoms with Gasteiger partial charge in [-0.25, -0.2) is 0 Å². The van der Waals surface area contributed by atoms with Crippen LogP contribution in [0.4, 0.5) is 5.69 Å². The van der Waals surface area contributed by atoms with Crippen LogP contribution in [0.2, 0.25) is 0 Å². The maximum atomic E-state index is 12.2. The van der Waals surface area contributed by atoms with Crippen molar-refractivity contribution in [1.82, 2.24) is 5.32 Å². The van der Waals surface area contributed by atoms with Gasteiger partial charge in [0.1, 0.15) is 5.75 Å². The fourth-order valence-electron chi connectivity index (χ4n) is 2.33. The first-order valence-corrected chi connectivity index (χ1v) is 8.98. The fraction of sp³-hybridized carbons (Fsp3) is 0.222. The van der Waals surface area contributed by atoms with Crippen LogP contribution < -0.4 is 15.4 Å². The zero-order valence-corrected chi connectivity index (χ0v) is 15.0. The summed E-state index contributed by atoms with van der Waals surface area (Å²) in [6.45, 7) is -0.377. The molecule has 1 aromatic heterocycles. The van der Waals surface area contributed by atoms with E-state index in [1.807, 2.05) is 0 Å². The van der Waals surface area contributed by atoms with Crippen molar-refractivity contribution in [3.8, 4) is 5.75 Å². The molecule has 2 N–H and O–H groups in total. The van der Waals surface area contributed by atoms with Crippen LogP contribution in [0.3, 0.4) is 0 Å². The number of hydrogen-bond acceptors (Lipinski definition) is 7. The number of thiophene rings is 1. The van der Waals surface area contributed by atoms with Crippen LogP contribution in [0.1, 0.15) is 26.5 Å². The Labute approximate surface area is 158 Å². The predicted octanol–water partition coefficient (Wildman–Crippen LogP) is 1.62. The summed E-state index contributed by atoms with van der Waals surface area (Å²) in [7, 11) is 0. The summed E-state index contributed by atoms with van der Waals surface area (Å²) >= 11 is 1.30. The van der Waals surface area contributed by atoms with E-state index >= 15 is 0 Å². The van der Waals surface area contributed by atoms with Crippen molar-refractivity contribution in [3.63, 3.8) is 0 Å². The first-order valence-electron chi connectivity index (χ1n) is 8.10. The third-order valence-corrected chi connectivity index (χ3v) is 4.53. The van der Waals surface area contributed by atoms with Gasteiger partial charge in [-0.1, -0.05) is 6.07 Å². The van der Waals surface area contributed by atoms with Crippen LogP contribution in [0, 0.1) is 0 Å². The molecule has 0 radical (unpaired) electrons. The van der Waals surface area contributed by atoms with Gasteiger partial charge >= 0.3 is 5.97 Å². The van der Waals surface area contributed by atoms with Gasteiger partial charge in [0.15, 0.2) is 19.0 Å². The first kappa shape index (κ1) is 18.6. The van der Waals surface area contributed by atoms with Gasteiger partial charge in [0, 0.05) is 12.1 Å². The summed E-state index contributed by atoms with van der Waals surface area (Å²) in [5, 5.41) is 7.00. The highest BCUT2D eigenvalue weighted by atomic mass is 32.1. The highest BCUT2D eigenvalue weighted by Gasteiger charge is 2.18. The van der Waals surface area contributed by atoms with Crippen molar-refractivity contribution in [2.75, 3.05) is 25.1 Å². The van der Waals surface area contributed by atoms with E-state index in [-0.39, 0.29) is 31.4 Å². The number of anilines is 1. The van der Waals surface area contributed by atoms with Crippen molar-refractivity contribution < 1.29 is 28.7 Å². The molecule has 9 heteroatoms. The molecular formula is C18H16N2O6S. The minimum Gasteiger partial charge on any atom is -0.482 e. The molecule has 1 aromatic carbocycles. The normalized spacial score (nSPS) is 12.4. The van der Waals surface area contributed by atoms with E-state index in [1.54, 1.807) is 23.6 Å². The molecule has 140 valence electrons. The average molecular weight is 388 g/mol. The lowest BCUT2D eigenvalue weighted by Gasteiger charge is -2.18. The second kappa shape index (κ2) is 8.45. The lowest BCUT2D eigenvalue weighted by molar-refractivity contribution is -0.142. The molecule has 2 heterocycles. The number of rotatable bonds is 7. The second-order valence-electron chi connectivity index (χ2n) is 5.61. The van der Waals surface area contributed by atoms with Crippen LogP contribution in [-0.2, 0) is 14.3 Å². The number of amides is 2. The van der Waals surface area contributed by atoms with Gasteiger partial charge in [0.05, 0.1) is 17.0 Å². The van der Waals surface area contributed by atoms with E-state index < -0.39 is 18.4 Å². The Balaban J connectivity index is 1.43. The first-order chi connectivity index (χ1) is 13.0. The number of carbonyl (C=O) groups excluding carboxylic acids is 4. The van der Waals surface area contributed by atoms with Gasteiger partial charge in [-0.3, -0.25) is 19.2 Å². The Morgan fingerprint density at radius 3 is 2.89 bits per heavy atom. The third-order valence-electron chi connectivity index (χ3n) is 3.66. The quantitative estimate of drug-likeness (QED) is 0.551. The number of Topliss-reactive ketones (excluding diaryl/α,β-unsaturated/α-hetero) is 1. The summed E-state index contributed by atoms with van der Waals surface area (Å²) in [6, 6.07) is 8.03. The zero-order chi connectivity index (χ0) is 19.2. The van der Waals surface area contributed by atoms with Gasteiger partial charge in [-0.2, -0.15) is 0 Å². The van der Waals surface area contributed by atoms with Gasteiger partial charge in [-0.05, 0) is 29.6 Å². The summed E-state index contributed by atoms with van der Waals surface area (Å²) < 4.78 is 10.2. The largest absolute Gasteiger partial charge is 0.482 e. The molecule has 0 saturated heterocycles. The zero-order valence-electron chi connectivity index (χ0n) is 14.2. The lowest BCUT2D eigenvalue weighted by atomic mass is 10.1. The SMILES string of the molecule is O=C1COc2ccc(C(=O)COC(=O)CCNC(=O)c3cccs3)cc2N1. The predicted molar refractivity (Wildman–Crippen MR) is 97.1 cm³/mol. The fourth-order valence-corrected chi connectivity index (χ4v) is 2.97. The Hall–Kier alpha value is -3.20. The minimum absolute atomic E-state index is 0.0432. The Morgan fingerprint density at radius 2 is 2.11 bits per heavy atom. The van der Waals surface area contributed by atoms with E-state index in [0.717, 1.165) is 0 Å². The van der Waals surface area contributed by atoms with Crippen molar-refractivity contribution in [2.24, 2.45) is 0 Å². The lowest BCUT2D eigenvalue weighted by Crippen LogP contribution is -2.26. The second-order valence-corrected chi connectivity index (χ2v) is 6.56. The van der Waals surface area contributed by atoms with Gasteiger partial charge in [-0.15, -0.1) is 11.3 Å². The molecule has 1 aliphatic heterocycles. The van der Waals surface area contributed by atoms with Crippen LogP contribution in [0.5, 0.6) is 5.75 Å². The molecule has 0 spiro atoms. The van der Waals surface area contributed by atoms with Gasteiger partial charge in [0.2, 0.25) is 0 Å². The Morgan fingerprint density at radius 1 is 1.26 bits per heavy atom. The van der Waals surface area contributed by atoms with Crippen LogP contribution in [0.25, 0.3) is 0 Å². The number of carbonyl (C=O) groups is 4. The molecule has 8 nitrogen and oxygen atoms in total. The van der Waals surface area contributed by atoms with Crippen molar-refractivity contribution in [3.05, 3.63) is 46.2 Å². The smallest absolute Gasteiger partial charge is 0.308 e. The number of benzene rings is 1. The molecule has 0 saturated carbocycles. The Kier molecular flexibility index (Phi) is 5.82. The molecule has 0 aliphatic carbocycles. The van der Waals surface area contributed by atoms with E-state index in [2.05, 4.69) is 10.6 Å². The maximum absolute atomic E-state index is 12.2. The highest BCUT2D eigenvalue weighted by Crippen LogP contribution is 2.28. The third kappa shape index (κ3) is 4.91. The summed E-state index contributed by atoms with van der Waals surface area (Å²) in [5.74, 6) is -1.09. The van der Waals surface area contributed by atoms with Crippen LogP contribution in [-0.4, -0.2) is 43.3 Å². The molecular weight excluding hydrogens is 372 g/mol. The van der Waals surface area contributed by atoms with Gasteiger partial charge < -0.3 is 20.1 Å². The van der Waals surface area contributed by atoms with Crippen LogP contribution in [0.15, 0.2) is 35.7 Å². The number of nitrogens with one attached hydrogen (secondary N) is 2. The monoisotopic (exact) mass is 388 g/mol. The summed E-state index contributed by atoms with van der Waals surface area (Å²) in [5.41, 5.74) is 0.693.